The summed E-state index contributed by atoms with van der Waals surface area (Å²) in [6.45, 7) is 7.67. The highest BCUT2D eigenvalue weighted by molar-refractivity contribution is 7.09. The summed E-state index contributed by atoms with van der Waals surface area (Å²) in [4.78, 5) is 4.84. The van der Waals surface area contributed by atoms with Crippen molar-refractivity contribution >= 4 is 11.3 Å². The van der Waals surface area contributed by atoms with Crippen LogP contribution in [-0.2, 0) is 0 Å². The van der Waals surface area contributed by atoms with Gasteiger partial charge >= 0.3 is 0 Å². The molecule has 3 unspecified atom stereocenters. The summed E-state index contributed by atoms with van der Waals surface area (Å²) >= 11 is 1.86. The van der Waals surface area contributed by atoms with Gasteiger partial charge in [-0.2, -0.15) is 0 Å². The third-order valence-electron chi connectivity index (χ3n) is 3.96. The molecule has 1 saturated carbocycles. The second-order valence-corrected chi connectivity index (χ2v) is 6.06. The normalized spacial score (nSPS) is 26.3. The maximum atomic E-state index is 4.84. The van der Waals surface area contributed by atoms with E-state index in [0.717, 1.165) is 18.4 Å². The second kappa shape index (κ2) is 5.96. The number of rotatable bonds is 5. The molecule has 3 heteroatoms. The van der Waals surface area contributed by atoms with Crippen LogP contribution in [0.2, 0.25) is 0 Å². The topological polar surface area (TPSA) is 24.9 Å². The largest absolute Gasteiger partial charge is 0.309 e. The van der Waals surface area contributed by atoms with E-state index < -0.39 is 0 Å². The first-order valence-corrected chi connectivity index (χ1v) is 7.81. The lowest BCUT2D eigenvalue weighted by molar-refractivity contribution is 0.520. The van der Waals surface area contributed by atoms with Crippen LogP contribution in [0, 0.1) is 5.92 Å². The maximum Gasteiger partial charge on any atom is 0.0960 e. The van der Waals surface area contributed by atoms with Crippen molar-refractivity contribution in [2.75, 3.05) is 6.54 Å². The number of aromatic nitrogens is 1. The third kappa shape index (κ3) is 3.08. The maximum absolute atomic E-state index is 4.84. The summed E-state index contributed by atoms with van der Waals surface area (Å²) < 4.78 is 0. The van der Waals surface area contributed by atoms with Crippen molar-refractivity contribution in [2.24, 2.45) is 5.92 Å². The average Bonchev–Trinajstić information content (AvgIpc) is 2.98. The van der Waals surface area contributed by atoms with Crippen LogP contribution in [0.25, 0.3) is 0 Å². The van der Waals surface area contributed by atoms with E-state index in [1.54, 1.807) is 0 Å². The van der Waals surface area contributed by atoms with Gasteiger partial charge in [0.25, 0.3) is 0 Å². The minimum absolute atomic E-state index is 0.397. The summed E-state index contributed by atoms with van der Waals surface area (Å²) in [6.07, 6.45) is 5.45. The molecule has 0 bridgehead atoms. The van der Waals surface area contributed by atoms with Crippen LogP contribution in [0.15, 0.2) is 5.38 Å². The monoisotopic (exact) mass is 252 g/mol. The fraction of sp³-hybridized carbons (Fsp3) is 0.786. The lowest BCUT2D eigenvalue weighted by Crippen LogP contribution is -2.18. The Morgan fingerprint density at radius 2 is 2.29 bits per heavy atom. The molecule has 0 spiro atoms. The zero-order valence-corrected chi connectivity index (χ0v) is 12.0. The van der Waals surface area contributed by atoms with Gasteiger partial charge in [0.2, 0.25) is 0 Å². The molecule has 0 aromatic carbocycles. The lowest BCUT2D eigenvalue weighted by atomic mass is 10.0. The van der Waals surface area contributed by atoms with Gasteiger partial charge in [0.15, 0.2) is 0 Å². The van der Waals surface area contributed by atoms with E-state index in [4.69, 9.17) is 4.98 Å². The van der Waals surface area contributed by atoms with Gasteiger partial charge in [-0.15, -0.1) is 11.3 Å². The van der Waals surface area contributed by atoms with Crippen LogP contribution >= 0.6 is 11.3 Å². The molecule has 0 radical (unpaired) electrons. The highest BCUT2D eigenvalue weighted by Gasteiger charge is 2.27. The minimum Gasteiger partial charge on any atom is -0.309 e. The zero-order chi connectivity index (χ0) is 12.3. The lowest BCUT2D eigenvalue weighted by Gasteiger charge is -2.09. The van der Waals surface area contributed by atoms with Crippen molar-refractivity contribution in [1.82, 2.24) is 10.3 Å². The van der Waals surface area contributed by atoms with Crippen molar-refractivity contribution in [3.63, 3.8) is 0 Å². The first-order chi connectivity index (χ1) is 8.24. The van der Waals surface area contributed by atoms with Gasteiger partial charge in [0.05, 0.1) is 10.7 Å². The van der Waals surface area contributed by atoms with Crippen molar-refractivity contribution in [2.45, 2.75) is 58.4 Å². The van der Waals surface area contributed by atoms with Crippen LogP contribution < -0.4 is 5.32 Å². The molecule has 0 saturated heterocycles. The molecule has 2 rings (SSSR count). The van der Waals surface area contributed by atoms with E-state index in [1.165, 1.54) is 36.4 Å². The Morgan fingerprint density at radius 3 is 2.94 bits per heavy atom. The summed E-state index contributed by atoms with van der Waals surface area (Å²) in [6, 6.07) is 0.397. The SMILES string of the molecule is CCNC(C)c1csc(C2CCC(CC)C2)n1. The zero-order valence-electron chi connectivity index (χ0n) is 11.2. The molecule has 96 valence electrons. The number of hydrogen-bond donors (Lipinski definition) is 1. The predicted molar refractivity (Wildman–Crippen MR) is 74.6 cm³/mol. The molecule has 1 aliphatic rings. The minimum atomic E-state index is 0.397. The molecule has 1 N–H and O–H groups in total. The molecule has 1 aromatic heterocycles. The van der Waals surface area contributed by atoms with Crippen molar-refractivity contribution in [3.05, 3.63) is 16.1 Å². The van der Waals surface area contributed by atoms with Crippen LogP contribution in [0.5, 0.6) is 0 Å². The Balaban J connectivity index is 1.98. The molecule has 17 heavy (non-hydrogen) atoms. The smallest absolute Gasteiger partial charge is 0.0960 e. The molecule has 1 aromatic rings. The Morgan fingerprint density at radius 1 is 1.47 bits per heavy atom. The van der Waals surface area contributed by atoms with Gasteiger partial charge in [-0.25, -0.2) is 4.98 Å². The van der Waals surface area contributed by atoms with Gasteiger partial charge in [-0.1, -0.05) is 20.3 Å². The highest BCUT2D eigenvalue weighted by atomic mass is 32.1. The molecule has 1 fully saturated rings. The predicted octanol–water partition coefficient (Wildman–Crippen LogP) is 4.11. The standard InChI is InChI=1S/C14H24N2S/c1-4-11-6-7-12(8-11)14-16-13(9-17-14)10(3)15-5-2/h9-12,15H,4-8H2,1-3H3. The van der Waals surface area contributed by atoms with Gasteiger partial charge in [-0.3, -0.25) is 0 Å². The Labute approximate surface area is 109 Å². The van der Waals surface area contributed by atoms with Gasteiger partial charge < -0.3 is 5.32 Å². The second-order valence-electron chi connectivity index (χ2n) is 5.17. The molecule has 2 nitrogen and oxygen atoms in total. The first-order valence-electron chi connectivity index (χ1n) is 6.93. The molecule has 0 aliphatic heterocycles. The Hall–Kier alpha value is -0.410. The van der Waals surface area contributed by atoms with E-state index in [1.807, 2.05) is 11.3 Å². The van der Waals surface area contributed by atoms with E-state index in [-0.39, 0.29) is 0 Å². The summed E-state index contributed by atoms with van der Waals surface area (Å²) in [5.74, 6) is 1.69. The fourth-order valence-corrected chi connectivity index (χ4v) is 3.83. The Kier molecular flexibility index (Phi) is 4.57. The molecular weight excluding hydrogens is 228 g/mol. The first kappa shape index (κ1) is 13.0. The van der Waals surface area contributed by atoms with E-state index in [0.29, 0.717) is 6.04 Å². The van der Waals surface area contributed by atoms with Crippen LogP contribution in [0.1, 0.15) is 69.1 Å². The Bertz CT molecular complexity index is 348. The van der Waals surface area contributed by atoms with Gasteiger partial charge in [0.1, 0.15) is 0 Å². The molecular formula is C14H24N2S. The number of nitrogens with one attached hydrogen (secondary N) is 1. The van der Waals surface area contributed by atoms with Gasteiger partial charge in [0, 0.05) is 17.3 Å². The quantitative estimate of drug-likeness (QED) is 0.853. The summed E-state index contributed by atoms with van der Waals surface area (Å²) in [5, 5.41) is 7.04. The van der Waals surface area contributed by atoms with Crippen molar-refractivity contribution in [3.8, 4) is 0 Å². The number of hydrogen-bond acceptors (Lipinski definition) is 3. The van der Waals surface area contributed by atoms with Gasteiger partial charge in [-0.05, 0) is 38.6 Å². The third-order valence-corrected chi connectivity index (χ3v) is 4.99. The summed E-state index contributed by atoms with van der Waals surface area (Å²) in [5.41, 5.74) is 1.23. The van der Waals surface area contributed by atoms with Crippen LogP contribution in [-0.4, -0.2) is 11.5 Å². The molecule has 1 aliphatic carbocycles. The number of thiazole rings is 1. The van der Waals surface area contributed by atoms with Crippen molar-refractivity contribution < 1.29 is 0 Å². The van der Waals surface area contributed by atoms with E-state index in [2.05, 4.69) is 31.5 Å². The highest BCUT2D eigenvalue weighted by Crippen LogP contribution is 2.40. The van der Waals surface area contributed by atoms with E-state index in [9.17, 15) is 0 Å². The molecule has 1 heterocycles. The van der Waals surface area contributed by atoms with Crippen LogP contribution in [0.3, 0.4) is 0 Å². The fourth-order valence-electron chi connectivity index (χ4n) is 2.77. The van der Waals surface area contributed by atoms with Crippen molar-refractivity contribution in [1.29, 1.82) is 0 Å². The number of nitrogens with zero attached hydrogens (tertiary/aromatic N) is 1. The van der Waals surface area contributed by atoms with Crippen LogP contribution in [0.4, 0.5) is 0 Å². The molecule has 3 atom stereocenters. The van der Waals surface area contributed by atoms with E-state index >= 15 is 0 Å². The summed E-state index contributed by atoms with van der Waals surface area (Å²) in [7, 11) is 0. The molecule has 0 amide bonds. The average molecular weight is 252 g/mol.